The van der Waals surface area contributed by atoms with Crippen LogP contribution in [-0.4, -0.2) is 4.98 Å². The van der Waals surface area contributed by atoms with Gasteiger partial charge in [0.05, 0.1) is 11.8 Å². The molecule has 0 aliphatic carbocycles. The fourth-order valence-corrected chi connectivity index (χ4v) is 2.57. The van der Waals surface area contributed by atoms with Crippen molar-refractivity contribution >= 4 is 23.0 Å². The predicted molar refractivity (Wildman–Crippen MR) is 79.7 cm³/mol. The number of benzene rings is 1. The summed E-state index contributed by atoms with van der Waals surface area (Å²) < 4.78 is 5.31. The van der Waals surface area contributed by atoms with Gasteiger partial charge in [0.2, 0.25) is 0 Å². The largest absolute Gasteiger partial charge is 0.463 e. The Morgan fingerprint density at radius 2 is 2.05 bits per heavy atom. The first-order chi connectivity index (χ1) is 9.86. The number of furan rings is 1. The molecule has 0 N–H and O–H groups in total. The molecule has 3 aromatic rings. The molecule has 0 spiro atoms. The minimum atomic E-state index is 0.555. The first kappa shape index (κ1) is 12.4. The van der Waals surface area contributed by atoms with Gasteiger partial charge in [-0.3, -0.25) is 0 Å². The van der Waals surface area contributed by atoms with Crippen molar-refractivity contribution in [3.63, 3.8) is 0 Å². The minimum absolute atomic E-state index is 0.555. The van der Waals surface area contributed by atoms with Gasteiger partial charge in [-0.25, -0.2) is 4.98 Å². The van der Waals surface area contributed by atoms with Crippen molar-refractivity contribution in [2.45, 2.75) is 0 Å². The van der Waals surface area contributed by atoms with Gasteiger partial charge in [-0.05, 0) is 23.8 Å². The second kappa shape index (κ2) is 5.55. The summed E-state index contributed by atoms with van der Waals surface area (Å²) in [7, 11) is 0. The summed E-state index contributed by atoms with van der Waals surface area (Å²) in [6, 6.07) is 15.6. The zero-order valence-corrected chi connectivity index (χ0v) is 11.3. The molecule has 1 aromatic carbocycles. The number of nitriles is 1. The molecule has 0 atom stereocenters. The Balaban J connectivity index is 1.95. The second-order valence-corrected chi connectivity index (χ2v) is 4.95. The first-order valence-electron chi connectivity index (χ1n) is 6.03. The molecule has 0 unspecified atom stereocenters. The number of rotatable bonds is 3. The van der Waals surface area contributed by atoms with Gasteiger partial charge in [0, 0.05) is 5.38 Å². The van der Waals surface area contributed by atoms with E-state index in [2.05, 4.69) is 11.1 Å². The fraction of sp³-hybridized carbons (Fsp3) is 0. The van der Waals surface area contributed by atoms with E-state index in [1.807, 2.05) is 53.9 Å². The Morgan fingerprint density at radius 1 is 1.20 bits per heavy atom. The quantitative estimate of drug-likeness (QED) is 0.664. The Hall–Kier alpha value is -2.64. The molecule has 3 rings (SSSR count). The molecular weight excluding hydrogens is 268 g/mol. The lowest BCUT2D eigenvalue weighted by molar-refractivity contribution is 0.580. The lowest BCUT2D eigenvalue weighted by Crippen LogP contribution is -1.81. The van der Waals surface area contributed by atoms with Crippen LogP contribution in [0.15, 0.2) is 58.5 Å². The topological polar surface area (TPSA) is 49.8 Å². The summed E-state index contributed by atoms with van der Waals surface area (Å²) in [5.74, 6) is 0.713. The van der Waals surface area contributed by atoms with E-state index in [9.17, 15) is 5.26 Å². The number of hydrogen-bond acceptors (Lipinski definition) is 4. The van der Waals surface area contributed by atoms with Gasteiger partial charge in [0.25, 0.3) is 0 Å². The second-order valence-electron chi connectivity index (χ2n) is 4.10. The fourth-order valence-electron chi connectivity index (χ4n) is 1.79. The van der Waals surface area contributed by atoms with Crippen LogP contribution in [-0.2, 0) is 0 Å². The SMILES string of the molecule is N#CC(=Cc1ccccc1)c1nc(-c2ccco2)cs1. The summed E-state index contributed by atoms with van der Waals surface area (Å²) in [6.45, 7) is 0. The van der Waals surface area contributed by atoms with Crippen LogP contribution in [0.4, 0.5) is 0 Å². The van der Waals surface area contributed by atoms with E-state index >= 15 is 0 Å². The maximum absolute atomic E-state index is 9.31. The van der Waals surface area contributed by atoms with E-state index < -0.39 is 0 Å². The highest BCUT2D eigenvalue weighted by Crippen LogP contribution is 2.27. The molecular formula is C16H10N2OS. The van der Waals surface area contributed by atoms with Crippen molar-refractivity contribution in [2.75, 3.05) is 0 Å². The Labute approximate surface area is 120 Å². The molecule has 0 bridgehead atoms. The smallest absolute Gasteiger partial charge is 0.153 e. The molecule has 2 aromatic heterocycles. The number of aromatic nitrogens is 1. The van der Waals surface area contributed by atoms with Crippen LogP contribution in [0, 0.1) is 11.3 Å². The molecule has 0 saturated heterocycles. The third-order valence-corrected chi connectivity index (χ3v) is 3.61. The normalized spacial score (nSPS) is 11.2. The molecule has 4 heteroatoms. The molecule has 0 aliphatic rings. The van der Waals surface area contributed by atoms with Gasteiger partial charge in [-0.15, -0.1) is 11.3 Å². The van der Waals surface area contributed by atoms with Crippen molar-refractivity contribution in [1.29, 1.82) is 5.26 Å². The lowest BCUT2D eigenvalue weighted by atomic mass is 10.1. The van der Waals surface area contributed by atoms with Gasteiger partial charge in [0.15, 0.2) is 5.76 Å². The monoisotopic (exact) mass is 278 g/mol. The third kappa shape index (κ3) is 2.53. The zero-order valence-electron chi connectivity index (χ0n) is 10.5. The summed E-state index contributed by atoms with van der Waals surface area (Å²) in [4.78, 5) is 4.45. The van der Waals surface area contributed by atoms with E-state index in [0.717, 1.165) is 11.3 Å². The van der Waals surface area contributed by atoms with E-state index in [-0.39, 0.29) is 0 Å². The van der Waals surface area contributed by atoms with E-state index in [0.29, 0.717) is 16.3 Å². The maximum atomic E-state index is 9.31. The molecule has 96 valence electrons. The molecule has 0 aliphatic heterocycles. The van der Waals surface area contributed by atoms with Gasteiger partial charge in [0.1, 0.15) is 16.8 Å². The Bertz CT molecular complexity index is 764. The summed E-state index contributed by atoms with van der Waals surface area (Å²) in [5, 5.41) is 11.9. The van der Waals surface area contributed by atoms with Crippen molar-refractivity contribution in [3.8, 4) is 17.5 Å². The summed E-state index contributed by atoms with van der Waals surface area (Å²) in [6.07, 6.45) is 3.45. The van der Waals surface area contributed by atoms with Gasteiger partial charge < -0.3 is 4.42 Å². The number of thiazole rings is 1. The van der Waals surface area contributed by atoms with Crippen LogP contribution in [0.3, 0.4) is 0 Å². The Morgan fingerprint density at radius 3 is 2.75 bits per heavy atom. The summed E-state index contributed by atoms with van der Waals surface area (Å²) in [5.41, 5.74) is 2.29. The Kier molecular flexibility index (Phi) is 3.44. The number of hydrogen-bond donors (Lipinski definition) is 0. The van der Waals surface area contributed by atoms with Crippen LogP contribution >= 0.6 is 11.3 Å². The van der Waals surface area contributed by atoms with Crippen LogP contribution < -0.4 is 0 Å². The third-order valence-electron chi connectivity index (χ3n) is 2.74. The van der Waals surface area contributed by atoms with Crippen LogP contribution in [0.25, 0.3) is 23.1 Å². The number of allylic oxidation sites excluding steroid dienone is 1. The van der Waals surface area contributed by atoms with Gasteiger partial charge in [-0.1, -0.05) is 30.3 Å². The molecule has 2 heterocycles. The van der Waals surface area contributed by atoms with E-state index in [4.69, 9.17) is 4.42 Å². The standard InChI is InChI=1S/C16H10N2OS/c17-10-13(9-12-5-2-1-3-6-12)16-18-14(11-20-16)15-7-4-8-19-15/h1-9,11H. The van der Waals surface area contributed by atoms with Crippen molar-refractivity contribution in [3.05, 3.63) is 64.7 Å². The van der Waals surface area contributed by atoms with Crippen LogP contribution in [0.2, 0.25) is 0 Å². The molecule has 0 radical (unpaired) electrons. The molecule has 3 nitrogen and oxygen atoms in total. The average Bonchev–Trinajstić information content (AvgIpc) is 3.16. The van der Waals surface area contributed by atoms with Crippen molar-refractivity contribution in [2.24, 2.45) is 0 Å². The highest BCUT2D eigenvalue weighted by Gasteiger charge is 2.10. The van der Waals surface area contributed by atoms with E-state index in [1.54, 1.807) is 6.26 Å². The van der Waals surface area contributed by atoms with Crippen LogP contribution in [0.5, 0.6) is 0 Å². The van der Waals surface area contributed by atoms with Gasteiger partial charge in [-0.2, -0.15) is 5.26 Å². The van der Waals surface area contributed by atoms with Crippen LogP contribution in [0.1, 0.15) is 10.6 Å². The van der Waals surface area contributed by atoms with Crippen molar-refractivity contribution < 1.29 is 4.42 Å². The summed E-state index contributed by atoms with van der Waals surface area (Å²) >= 11 is 1.44. The first-order valence-corrected chi connectivity index (χ1v) is 6.91. The van der Waals surface area contributed by atoms with E-state index in [1.165, 1.54) is 11.3 Å². The predicted octanol–water partition coefficient (Wildman–Crippen LogP) is 4.47. The molecule has 0 fully saturated rings. The maximum Gasteiger partial charge on any atom is 0.153 e. The van der Waals surface area contributed by atoms with Gasteiger partial charge >= 0.3 is 0 Å². The lowest BCUT2D eigenvalue weighted by Gasteiger charge is -1.94. The molecule has 0 saturated carbocycles. The molecule has 0 amide bonds. The zero-order chi connectivity index (χ0) is 13.8. The average molecular weight is 278 g/mol. The highest BCUT2D eigenvalue weighted by atomic mass is 32.1. The molecule has 20 heavy (non-hydrogen) atoms. The number of nitrogens with zero attached hydrogens (tertiary/aromatic N) is 2. The highest BCUT2D eigenvalue weighted by molar-refractivity contribution is 7.11. The minimum Gasteiger partial charge on any atom is -0.463 e. The van der Waals surface area contributed by atoms with Crippen molar-refractivity contribution in [1.82, 2.24) is 4.98 Å².